The lowest BCUT2D eigenvalue weighted by atomic mass is 10.2. The Labute approximate surface area is 98.6 Å². The number of nitrogens with one attached hydrogen (secondary N) is 1. The van der Waals surface area contributed by atoms with Crippen LogP contribution < -0.4 is 5.32 Å². The van der Waals surface area contributed by atoms with Crippen LogP contribution in [0.25, 0.3) is 0 Å². The number of hydrogen-bond acceptors (Lipinski definition) is 4. The summed E-state index contributed by atoms with van der Waals surface area (Å²) in [6.07, 6.45) is 3.84. The summed E-state index contributed by atoms with van der Waals surface area (Å²) in [6.45, 7) is 3.83. The quantitative estimate of drug-likeness (QED) is 0.874. The second kappa shape index (κ2) is 4.40. The minimum Gasteiger partial charge on any atom is -0.338 e. The molecule has 90 valence electrons. The fourth-order valence-electron chi connectivity index (χ4n) is 1.65. The second-order valence-corrected chi connectivity index (χ2v) is 3.77. The average molecular weight is 234 g/mol. The topological polar surface area (TPSA) is 73.0 Å². The number of carbonyl (C=O) groups is 1. The molecule has 0 bridgehead atoms. The van der Waals surface area contributed by atoms with Crippen LogP contribution in [-0.4, -0.2) is 20.6 Å². The van der Waals surface area contributed by atoms with E-state index < -0.39 is 0 Å². The molecule has 6 heteroatoms. The zero-order chi connectivity index (χ0) is 12.4. The number of carbonyl (C=O) groups excluding carboxylic acids is 1. The van der Waals surface area contributed by atoms with Gasteiger partial charge in [-0.05, 0) is 13.3 Å². The minimum atomic E-state index is -0.254. The number of hydrogen-bond donors (Lipinski definition) is 1. The summed E-state index contributed by atoms with van der Waals surface area (Å²) in [5.74, 6) is 0.159. The van der Waals surface area contributed by atoms with Crippen LogP contribution in [0, 0.1) is 6.92 Å². The Balaban J connectivity index is 2.22. The third-order valence-corrected chi connectivity index (χ3v) is 2.61. The standard InChI is InChI=1S/C11H14N4O2/c1-4-8-7(2)14-17-11(8)13-10(16)9-5-12-6-15(9)3/h5-6H,4H2,1-3H3,(H,13,16). The second-order valence-electron chi connectivity index (χ2n) is 3.77. The molecule has 1 amide bonds. The van der Waals surface area contributed by atoms with Crippen molar-refractivity contribution in [2.24, 2.45) is 7.05 Å². The van der Waals surface area contributed by atoms with Gasteiger partial charge in [-0.3, -0.25) is 10.1 Å². The first kappa shape index (κ1) is 11.4. The van der Waals surface area contributed by atoms with Gasteiger partial charge in [-0.25, -0.2) is 4.98 Å². The number of rotatable bonds is 3. The van der Waals surface area contributed by atoms with Crippen molar-refractivity contribution in [2.45, 2.75) is 20.3 Å². The Kier molecular flexibility index (Phi) is 2.95. The van der Waals surface area contributed by atoms with E-state index in [1.165, 1.54) is 6.20 Å². The normalized spacial score (nSPS) is 10.5. The fraction of sp³-hybridized carbons (Fsp3) is 0.364. The molecule has 0 radical (unpaired) electrons. The van der Waals surface area contributed by atoms with E-state index in [9.17, 15) is 4.79 Å². The predicted molar refractivity (Wildman–Crippen MR) is 61.8 cm³/mol. The largest absolute Gasteiger partial charge is 0.338 e. The van der Waals surface area contributed by atoms with Gasteiger partial charge in [-0.2, -0.15) is 0 Å². The van der Waals surface area contributed by atoms with Crippen LogP contribution in [-0.2, 0) is 13.5 Å². The number of aromatic nitrogens is 3. The molecule has 2 rings (SSSR count). The zero-order valence-electron chi connectivity index (χ0n) is 10.0. The van der Waals surface area contributed by atoms with Gasteiger partial charge in [-0.1, -0.05) is 12.1 Å². The van der Waals surface area contributed by atoms with Crippen LogP contribution in [0.15, 0.2) is 17.0 Å². The first-order valence-electron chi connectivity index (χ1n) is 5.36. The number of anilines is 1. The Hall–Kier alpha value is -2.11. The first-order valence-corrected chi connectivity index (χ1v) is 5.36. The van der Waals surface area contributed by atoms with Gasteiger partial charge in [0.15, 0.2) is 0 Å². The molecule has 0 aliphatic heterocycles. The Bertz CT molecular complexity index is 541. The molecular formula is C11H14N4O2. The van der Waals surface area contributed by atoms with Crippen molar-refractivity contribution in [3.63, 3.8) is 0 Å². The van der Waals surface area contributed by atoms with Crippen LogP contribution in [0.3, 0.4) is 0 Å². The summed E-state index contributed by atoms with van der Waals surface area (Å²) in [6, 6.07) is 0. The van der Waals surface area contributed by atoms with Crippen molar-refractivity contribution in [2.75, 3.05) is 5.32 Å². The van der Waals surface area contributed by atoms with Gasteiger partial charge in [0, 0.05) is 12.6 Å². The summed E-state index contributed by atoms with van der Waals surface area (Å²) < 4.78 is 6.73. The molecule has 0 atom stereocenters. The summed E-state index contributed by atoms with van der Waals surface area (Å²) in [4.78, 5) is 15.8. The van der Waals surface area contributed by atoms with Gasteiger partial charge in [0.25, 0.3) is 5.91 Å². The lowest BCUT2D eigenvalue weighted by Crippen LogP contribution is -2.15. The van der Waals surface area contributed by atoms with E-state index in [2.05, 4.69) is 15.5 Å². The molecule has 17 heavy (non-hydrogen) atoms. The number of aryl methyl sites for hydroxylation is 2. The molecule has 0 fully saturated rings. The monoisotopic (exact) mass is 234 g/mol. The van der Waals surface area contributed by atoms with Gasteiger partial charge < -0.3 is 9.09 Å². The molecule has 0 unspecified atom stereocenters. The van der Waals surface area contributed by atoms with Crippen molar-refractivity contribution in [3.05, 3.63) is 29.5 Å². The predicted octanol–water partition coefficient (Wildman–Crippen LogP) is 1.53. The highest BCUT2D eigenvalue weighted by Crippen LogP contribution is 2.20. The van der Waals surface area contributed by atoms with E-state index in [0.29, 0.717) is 11.6 Å². The van der Waals surface area contributed by atoms with E-state index in [1.54, 1.807) is 17.9 Å². The third-order valence-electron chi connectivity index (χ3n) is 2.61. The zero-order valence-corrected chi connectivity index (χ0v) is 10.0. The molecule has 0 aromatic carbocycles. The van der Waals surface area contributed by atoms with Crippen molar-refractivity contribution in [1.29, 1.82) is 0 Å². The molecule has 2 heterocycles. The molecular weight excluding hydrogens is 220 g/mol. The smallest absolute Gasteiger partial charge is 0.276 e. The van der Waals surface area contributed by atoms with Crippen molar-refractivity contribution in [1.82, 2.24) is 14.7 Å². The van der Waals surface area contributed by atoms with E-state index in [-0.39, 0.29) is 5.91 Å². The summed E-state index contributed by atoms with van der Waals surface area (Å²) in [7, 11) is 1.76. The van der Waals surface area contributed by atoms with Crippen LogP contribution in [0.2, 0.25) is 0 Å². The maximum absolute atomic E-state index is 11.9. The fourth-order valence-corrected chi connectivity index (χ4v) is 1.65. The van der Waals surface area contributed by atoms with E-state index in [0.717, 1.165) is 17.7 Å². The molecule has 2 aromatic rings. The van der Waals surface area contributed by atoms with Crippen LogP contribution in [0.1, 0.15) is 28.7 Å². The number of nitrogens with zero attached hydrogens (tertiary/aromatic N) is 3. The highest BCUT2D eigenvalue weighted by molar-refractivity contribution is 6.02. The van der Waals surface area contributed by atoms with E-state index in [1.807, 2.05) is 13.8 Å². The van der Waals surface area contributed by atoms with E-state index in [4.69, 9.17) is 4.52 Å². The molecule has 6 nitrogen and oxygen atoms in total. The Morgan fingerprint density at radius 2 is 2.35 bits per heavy atom. The number of imidazole rings is 1. The summed E-state index contributed by atoms with van der Waals surface area (Å²) in [5.41, 5.74) is 2.19. The molecule has 0 aliphatic carbocycles. The van der Waals surface area contributed by atoms with Gasteiger partial charge in [0.05, 0.1) is 18.2 Å². The van der Waals surface area contributed by atoms with Gasteiger partial charge in [0.2, 0.25) is 5.88 Å². The maximum Gasteiger partial charge on any atom is 0.276 e. The van der Waals surface area contributed by atoms with Crippen molar-refractivity contribution < 1.29 is 9.32 Å². The van der Waals surface area contributed by atoms with Crippen LogP contribution in [0.4, 0.5) is 5.88 Å². The van der Waals surface area contributed by atoms with Gasteiger partial charge >= 0.3 is 0 Å². The molecule has 0 aliphatic rings. The molecule has 2 aromatic heterocycles. The van der Waals surface area contributed by atoms with Crippen molar-refractivity contribution >= 4 is 11.8 Å². The average Bonchev–Trinajstić information content (AvgIpc) is 2.85. The van der Waals surface area contributed by atoms with Crippen LogP contribution >= 0.6 is 0 Å². The SMILES string of the molecule is CCc1c(C)noc1NC(=O)c1cncn1C. The minimum absolute atomic E-state index is 0.254. The van der Waals surface area contributed by atoms with Crippen LogP contribution in [0.5, 0.6) is 0 Å². The van der Waals surface area contributed by atoms with Gasteiger partial charge in [-0.15, -0.1) is 0 Å². The Morgan fingerprint density at radius 1 is 1.59 bits per heavy atom. The number of amides is 1. The van der Waals surface area contributed by atoms with Gasteiger partial charge in [0.1, 0.15) is 5.69 Å². The summed E-state index contributed by atoms with van der Waals surface area (Å²) >= 11 is 0. The van der Waals surface area contributed by atoms with Crippen molar-refractivity contribution in [3.8, 4) is 0 Å². The molecule has 0 saturated heterocycles. The maximum atomic E-state index is 11.9. The third kappa shape index (κ3) is 2.06. The molecule has 0 saturated carbocycles. The highest BCUT2D eigenvalue weighted by Gasteiger charge is 2.16. The Morgan fingerprint density at radius 3 is 2.94 bits per heavy atom. The lowest BCUT2D eigenvalue weighted by molar-refractivity contribution is 0.101. The summed E-state index contributed by atoms with van der Waals surface area (Å²) in [5, 5.41) is 6.53. The highest BCUT2D eigenvalue weighted by atomic mass is 16.5. The van der Waals surface area contributed by atoms with E-state index >= 15 is 0 Å². The molecule has 1 N–H and O–H groups in total. The first-order chi connectivity index (χ1) is 8.13. The molecule has 0 spiro atoms. The lowest BCUT2D eigenvalue weighted by Gasteiger charge is -2.03.